The average Bonchev–Trinajstić information content (AvgIpc) is 2.39. The van der Waals surface area contributed by atoms with Gasteiger partial charge < -0.3 is 5.73 Å². The topological polar surface area (TPSA) is 43.8 Å². The summed E-state index contributed by atoms with van der Waals surface area (Å²) in [6, 6.07) is 3.85. The van der Waals surface area contributed by atoms with Crippen molar-refractivity contribution in [1.29, 1.82) is 0 Å². The van der Waals surface area contributed by atoms with Crippen molar-refractivity contribution in [3.05, 3.63) is 22.8 Å². The fraction of sp³-hybridized carbons (Fsp3) is 0.125. The molecule has 1 aromatic heterocycles. The molecule has 0 amide bonds. The summed E-state index contributed by atoms with van der Waals surface area (Å²) in [5.74, 6) is 0. The van der Waals surface area contributed by atoms with E-state index in [0.29, 0.717) is 0 Å². The van der Waals surface area contributed by atoms with Gasteiger partial charge >= 0.3 is 0 Å². The number of nitrogen functional groups attached to an aromatic ring is 1. The van der Waals surface area contributed by atoms with Crippen molar-refractivity contribution in [1.82, 2.24) is 9.78 Å². The highest BCUT2D eigenvalue weighted by molar-refractivity contribution is 9.10. The van der Waals surface area contributed by atoms with Crippen LogP contribution in [0.2, 0.25) is 0 Å². The van der Waals surface area contributed by atoms with Crippen LogP contribution in [0, 0.1) is 0 Å². The number of hydrogen-bond acceptors (Lipinski definition) is 2. The van der Waals surface area contributed by atoms with E-state index in [1.54, 1.807) is 4.68 Å². The van der Waals surface area contributed by atoms with E-state index >= 15 is 0 Å². The standard InChI is InChI=1S/C8H8BrN3/c1-12-4-5-7(11-12)3-2-6(9)8(5)10/h2-4H,10H2,1H3. The number of nitrogens with two attached hydrogens (primary N) is 1. The first-order valence-corrected chi connectivity index (χ1v) is 4.35. The van der Waals surface area contributed by atoms with Crippen LogP contribution in [0.25, 0.3) is 10.9 Å². The lowest BCUT2D eigenvalue weighted by molar-refractivity contribution is 0.780. The van der Waals surface area contributed by atoms with E-state index in [9.17, 15) is 0 Å². The summed E-state index contributed by atoms with van der Waals surface area (Å²) in [4.78, 5) is 0. The number of fused-ring (bicyclic) bond motifs is 1. The van der Waals surface area contributed by atoms with Gasteiger partial charge in [0, 0.05) is 23.1 Å². The minimum absolute atomic E-state index is 0.751. The van der Waals surface area contributed by atoms with E-state index in [1.807, 2.05) is 25.4 Å². The summed E-state index contributed by atoms with van der Waals surface area (Å²) in [7, 11) is 1.88. The van der Waals surface area contributed by atoms with Crippen LogP contribution in [0.15, 0.2) is 22.8 Å². The van der Waals surface area contributed by atoms with Gasteiger partial charge in [-0.3, -0.25) is 4.68 Å². The summed E-state index contributed by atoms with van der Waals surface area (Å²) >= 11 is 3.36. The molecule has 1 heterocycles. The van der Waals surface area contributed by atoms with Crippen LogP contribution in [0.3, 0.4) is 0 Å². The molecule has 0 aliphatic carbocycles. The highest BCUT2D eigenvalue weighted by Gasteiger charge is 2.04. The van der Waals surface area contributed by atoms with E-state index in [1.165, 1.54) is 0 Å². The Morgan fingerprint density at radius 3 is 3.00 bits per heavy atom. The minimum Gasteiger partial charge on any atom is -0.397 e. The molecule has 0 fully saturated rings. The Labute approximate surface area is 78.3 Å². The molecule has 12 heavy (non-hydrogen) atoms. The quantitative estimate of drug-likeness (QED) is 0.697. The molecule has 4 heteroatoms. The van der Waals surface area contributed by atoms with Gasteiger partial charge in [0.2, 0.25) is 0 Å². The van der Waals surface area contributed by atoms with Crippen LogP contribution in [-0.4, -0.2) is 9.78 Å². The van der Waals surface area contributed by atoms with E-state index in [2.05, 4.69) is 21.0 Å². The van der Waals surface area contributed by atoms with Gasteiger partial charge in [-0.25, -0.2) is 0 Å². The lowest BCUT2D eigenvalue weighted by atomic mass is 10.2. The van der Waals surface area contributed by atoms with Crippen molar-refractivity contribution in [2.75, 3.05) is 5.73 Å². The summed E-state index contributed by atoms with van der Waals surface area (Å²) in [6.07, 6.45) is 1.91. The first-order valence-electron chi connectivity index (χ1n) is 3.56. The molecular formula is C8H8BrN3. The van der Waals surface area contributed by atoms with Crippen LogP contribution >= 0.6 is 15.9 Å². The second-order valence-corrected chi connectivity index (χ2v) is 3.55. The van der Waals surface area contributed by atoms with Crippen molar-refractivity contribution in [2.24, 2.45) is 7.05 Å². The van der Waals surface area contributed by atoms with E-state index < -0.39 is 0 Å². The smallest absolute Gasteiger partial charge is 0.0944 e. The van der Waals surface area contributed by atoms with Gasteiger partial charge in [-0.1, -0.05) is 0 Å². The van der Waals surface area contributed by atoms with Gasteiger partial charge in [0.25, 0.3) is 0 Å². The zero-order valence-electron chi connectivity index (χ0n) is 6.58. The van der Waals surface area contributed by atoms with Crippen molar-refractivity contribution in [3.8, 4) is 0 Å². The third kappa shape index (κ3) is 0.992. The number of aryl methyl sites for hydroxylation is 1. The zero-order valence-corrected chi connectivity index (χ0v) is 8.17. The Balaban J connectivity index is 2.89. The van der Waals surface area contributed by atoms with Gasteiger partial charge in [0.15, 0.2) is 0 Å². The average molecular weight is 226 g/mol. The van der Waals surface area contributed by atoms with Crippen molar-refractivity contribution >= 4 is 32.5 Å². The second-order valence-electron chi connectivity index (χ2n) is 2.70. The molecule has 62 valence electrons. The molecule has 1 aromatic carbocycles. The molecule has 0 spiro atoms. The Morgan fingerprint density at radius 2 is 2.25 bits per heavy atom. The fourth-order valence-electron chi connectivity index (χ4n) is 1.21. The lowest BCUT2D eigenvalue weighted by Gasteiger charge is -1.96. The molecule has 2 rings (SSSR count). The number of rotatable bonds is 0. The number of halogens is 1. The third-order valence-corrected chi connectivity index (χ3v) is 2.48. The summed E-state index contributed by atoms with van der Waals surface area (Å²) in [5, 5.41) is 5.22. The molecule has 0 bridgehead atoms. The Morgan fingerprint density at radius 1 is 1.50 bits per heavy atom. The predicted molar refractivity (Wildman–Crippen MR) is 52.8 cm³/mol. The number of nitrogens with zero attached hydrogens (tertiary/aromatic N) is 2. The molecule has 0 atom stereocenters. The first kappa shape index (κ1) is 7.61. The molecule has 3 nitrogen and oxygen atoms in total. The van der Waals surface area contributed by atoms with E-state index in [-0.39, 0.29) is 0 Å². The highest BCUT2D eigenvalue weighted by atomic mass is 79.9. The Kier molecular flexibility index (Phi) is 1.58. The van der Waals surface area contributed by atoms with E-state index in [4.69, 9.17) is 5.73 Å². The molecule has 0 saturated carbocycles. The van der Waals surface area contributed by atoms with Crippen molar-refractivity contribution < 1.29 is 0 Å². The third-order valence-electron chi connectivity index (χ3n) is 1.79. The molecule has 0 aliphatic heterocycles. The SMILES string of the molecule is Cn1cc2c(N)c(Br)ccc2n1. The van der Waals surface area contributed by atoms with Gasteiger partial charge in [-0.05, 0) is 28.1 Å². The maximum Gasteiger partial charge on any atom is 0.0944 e. The Bertz CT molecular complexity index is 433. The first-order chi connectivity index (χ1) is 5.68. The summed E-state index contributed by atoms with van der Waals surface area (Å²) in [6.45, 7) is 0. The van der Waals surface area contributed by atoms with Gasteiger partial charge in [-0.2, -0.15) is 5.10 Å². The van der Waals surface area contributed by atoms with Gasteiger partial charge in [0.1, 0.15) is 0 Å². The van der Waals surface area contributed by atoms with Crippen LogP contribution in [0.4, 0.5) is 5.69 Å². The summed E-state index contributed by atoms with van der Waals surface area (Å²) < 4.78 is 2.68. The van der Waals surface area contributed by atoms with Crippen LogP contribution in [-0.2, 0) is 7.05 Å². The maximum atomic E-state index is 5.83. The van der Waals surface area contributed by atoms with Gasteiger partial charge in [0.05, 0.1) is 11.2 Å². The molecular weight excluding hydrogens is 218 g/mol. The largest absolute Gasteiger partial charge is 0.397 e. The summed E-state index contributed by atoms with van der Waals surface area (Å²) in [5.41, 5.74) is 7.51. The molecule has 0 radical (unpaired) electrons. The molecule has 0 aliphatic rings. The van der Waals surface area contributed by atoms with Crippen LogP contribution in [0.1, 0.15) is 0 Å². The predicted octanol–water partition coefficient (Wildman–Crippen LogP) is 1.92. The van der Waals surface area contributed by atoms with Crippen LogP contribution < -0.4 is 5.73 Å². The molecule has 2 aromatic rings. The second kappa shape index (κ2) is 2.48. The zero-order chi connectivity index (χ0) is 8.72. The normalized spacial score (nSPS) is 10.8. The molecule has 0 unspecified atom stereocenters. The number of hydrogen-bond donors (Lipinski definition) is 1. The van der Waals surface area contributed by atoms with Crippen molar-refractivity contribution in [3.63, 3.8) is 0 Å². The fourth-order valence-corrected chi connectivity index (χ4v) is 1.55. The minimum atomic E-state index is 0.751. The van der Waals surface area contributed by atoms with E-state index in [0.717, 1.165) is 21.1 Å². The maximum absolute atomic E-state index is 5.83. The molecule has 2 N–H and O–H groups in total. The monoisotopic (exact) mass is 225 g/mol. The van der Waals surface area contributed by atoms with Gasteiger partial charge in [-0.15, -0.1) is 0 Å². The lowest BCUT2D eigenvalue weighted by Crippen LogP contribution is -1.86. The molecule has 0 saturated heterocycles. The number of benzene rings is 1. The number of anilines is 1. The van der Waals surface area contributed by atoms with Crippen LogP contribution in [0.5, 0.6) is 0 Å². The Hall–Kier alpha value is -1.03. The van der Waals surface area contributed by atoms with Crippen molar-refractivity contribution in [2.45, 2.75) is 0 Å². The highest BCUT2D eigenvalue weighted by Crippen LogP contribution is 2.27. The number of aromatic nitrogens is 2.